The van der Waals surface area contributed by atoms with Crippen molar-refractivity contribution < 1.29 is 14.3 Å². The maximum atomic E-state index is 12.4. The molecule has 0 radical (unpaired) electrons. The lowest BCUT2D eigenvalue weighted by molar-refractivity contribution is -0.117. The van der Waals surface area contributed by atoms with Crippen molar-refractivity contribution in [3.63, 3.8) is 0 Å². The normalized spacial score (nSPS) is 16.2. The highest BCUT2D eigenvalue weighted by Crippen LogP contribution is 2.32. The van der Waals surface area contributed by atoms with Crippen molar-refractivity contribution in [2.24, 2.45) is 0 Å². The average Bonchev–Trinajstić information content (AvgIpc) is 3.18. The van der Waals surface area contributed by atoms with E-state index in [4.69, 9.17) is 9.47 Å². The minimum atomic E-state index is -0.0859. The van der Waals surface area contributed by atoms with Crippen LogP contribution in [0.15, 0.2) is 42.5 Å². The molecule has 2 aromatic rings. The number of amides is 1. The zero-order valence-electron chi connectivity index (χ0n) is 15.7. The number of carbonyl (C=O) groups excluding carboxylic acids is 1. The molecule has 4 rings (SSSR count). The summed E-state index contributed by atoms with van der Waals surface area (Å²) >= 11 is 0. The van der Waals surface area contributed by atoms with Crippen molar-refractivity contribution in [3.05, 3.63) is 64.7 Å². The highest BCUT2D eigenvalue weighted by molar-refractivity contribution is 5.92. The maximum absolute atomic E-state index is 12.4. The number of hydrogen-bond donors (Lipinski definition) is 1. The van der Waals surface area contributed by atoms with E-state index in [1.54, 1.807) is 12.2 Å². The van der Waals surface area contributed by atoms with E-state index in [9.17, 15) is 4.79 Å². The molecule has 1 N–H and O–H groups in total. The van der Waals surface area contributed by atoms with Gasteiger partial charge in [0.05, 0.1) is 6.04 Å². The number of hydrogen-bond acceptors (Lipinski definition) is 3. The lowest BCUT2D eigenvalue weighted by Crippen LogP contribution is -2.26. The number of carbonyl (C=O) groups is 1. The molecular weight excluding hydrogens is 338 g/mol. The monoisotopic (exact) mass is 363 g/mol. The fraction of sp³-hybridized carbons (Fsp3) is 0.348. The predicted octanol–water partition coefficient (Wildman–Crippen LogP) is 4.57. The largest absolute Gasteiger partial charge is 0.454 e. The minimum Gasteiger partial charge on any atom is -0.454 e. The third-order valence-electron chi connectivity index (χ3n) is 5.32. The molecule has 27 heavy (non-hydrogen) atoms. The summed E-state index contributed by atoms with van der Waals surface area (Å²) in [4.78, 5) is 12.4. The lowest BCUT2D eigenvalue weighted by atomic mass is 9.89. The molecule has 0 unspecified atom stereocenters. The standard InChI is InChI=1S/C23H25NO3/c1-2-20(19-10-9-17-5-3-4-6-18(17)14-19)24-23(25)12-8-16-7-11-21-22(13-16)27-15-26-21/h7-14,20H,2-6,15H2,1H3,(H,24,25)/b12-8+/t20-/m0/s1. The van der Waals surface area contributed by atoms with E-state index in [2.05, 4.69) is 30.4 Å². The Morgan fingerprint density at radius 1 is 1.07 bits per heavy atom. The van der Waals surface area contributed by atoms with Crippen molar-refractivity contribution in [3.8, 4) is 11.5 Å². The van der Waals surface area contributed by atoms with Gasteiger partial charge in [-0.15, -0.1) is 0 Å². The van der Waals surface area contributed by atoms with Crippen molar-refractivity contribution in [1.29, 1.82) is 0 Å². The quantitative estimate of drug-likeness (QED) is 0.791. The molecule has 0 spiro atoms. The van der Waals surface area contributed by atoms with Gasteiger partial charge in [-0.2, -0.15) is 0 Å². The zero-order valence-corrected chi connectivity index (χ0v) is 15.7. The first-order chi connectivity index (χ1) is 13.2. The predicted molar refractivity (Wildman–Crippen MR) is 106 cm³/mol. The Morgan fingerprint density at radius 2 is 1.89 bits per heavy atom. The Kier molecular flexibility index (Phi) is 5.14. The van der Waals surface area contributed by atoms with Crippen molar-refractivity contribution in [2.45, 2.75) is 45.1 Å². The molecule has 0 saturated heterocycles. The van der Waals surface area contributed by atoms with Gasteiger partial charge in [0.25, 0.3) is 0 Å². The Balaban J connectivity index is 1.43. The highest BCUT2D eigenvalue weighted by atomic mass is 16.7. The summed E-state index contributed by atoms with van der Waals surface area (Å²) in [6, 6.07) is 12.4. The van der Waals surface area contributed by atoms with Crippen LogP contribution in [-0.4, -0.2) is 12.7 Å². The van der Waals surface area contributed by atoms with Crippen LogP contribution in [0.3, 0.4) is 0 Å². The number of benzene rings is 2. The molecule has 1 aliphatic carbocycles. The van der Waals surface area contributed by atoms with Crippen LogP contribution in [0.4, 0.5) is 0 Å². The summed E-state index contributed by atoms with van der Waals surface area (Å²) in [6.45, 7) is 2.36. The van der Waals surface area contributed by atoms with E-state index in [1.165, 1.54) is 36.0 Å². The summed E-state index contributed by atoms with van der Waals surface area (Å²) in [7, 11) is 0. The maximum Gasteiger partial charge on any atom is 0.244 e. The summed E-state index contributed by atoms with van der Waals surface area (Å²) in [5, 5.41) is 3.13. The van der Waals surface area contributed by atoms with Gasteiger partial charge in [-0.05, 0) is 72.6 Å². The second-order valence-electron chi connectivity index (χ2n) is 7.15. The molecule has 0 bridgehead atoms. The van der Waals surface area contributed by atoms with Gasteiger partial charge in [0.2, 0.25) is 12.7 Å². The summed E-state index contributed by atoms with van der Waals surface area (Å²) in [5.74, 6) is 1.38. The van der Waals surface area contributed by atoms with Crippen LogP contribution in [0, 0.1) is 0 Å². The molecule has 2 aromatic carbocycles. The third-order valence-corrected chi connectivity index (χ3v) is 5.32. The van der Waals surface area contributed by atoms with E-state index in [-0.39, 0.29) is 18.7 Å². The van der Waals surface area contributed by atoms with E-state index in [0.717, 1.165) is 29.9 Å². The first-order valence-corrected chi connectivity index (χ1v) is 9.73. The second kappa shape index (κ2) is 7.87. The van der Waals surface area contributed by atoms with Gasteiger partial charge in [0.15, 0.2) is 11.5 Å². The molecule has 0 aromatic heterocycles. The molecule has 0 fully saturated rings. The molecular formula is C23H25NO3. The topological polar surface area (TPSA) is 47.6 Å². The van der Waals surface area contributed by atoms with Gasteiger partial charge in [-0.3, -0.25) is 4.79 Å². The number of fused-ring (bicyclic) bond motifs is 2. The molecule has 2 aliphatic rings. The lowest BCUT2D eigenvalue weighted by Gasteiger charge is -2.21. The van der Waals surface area contributed by atoms with Crippen molar-refractivity contribution >= 4 is 12.0 Å². The highest BCUT2D eigenvalue weighted by Gasteiger charge is 2.16. The van der Waals surface area contributed by atoms with Gasteiger partial charge in [0, 0.05) is 6.08 Å². The molecule has 1 heterocycles. The van der Waals surface area contributed by atoms with Crippen molar-refractivity contribution in [1.82, 2.24) is 5.32 Å². The summed E-state index contributed by atoms with van der Waals surface area (Å²) in [5.41, 5.74) is 5.02. The molecule has 4 heteroatoms. The smallest absolute Gasteiger partial charge is 0.244 e. The van der Waals surface area contributed by atoms with Crippen LogP contribution in [0.25, 0.3) is 6.08 Å². The van der Waals surface area contributed by atoms with E-state index in [0.29, 0.717) is 0 Å². The number of ether oxygens (including phenoxy) is 2. The fourth-order valence-electron chi connectivity index (χ4n) is 3.80. The number of rotatable bonds is 5. The fourth-order valence-corrected chi connectivity index (χ4v) is 3.80. The molecule has 0 saturated carbocycles. The molecule has 1 atom stereocenters. The molecule has 4 nitrogen and oxygen atoms in total. The summed E-state index contributed by atoms with van der Waals surface area (Å²) in [6.07, 6.45) is 9.12. The van der Waals surface area contributed by atoms with Gasteiger partial charge in [-0.1, -0.05) is 31.2 Å². The van der Waals surface area contributed by atoms with E-state index < -0.39 is 0 Å². The molecule has 1 amide bonds. The zero-order chi connectivity index (χ0) is 18.6. The van der Waals surface area contributed by atoms with Gasteiger partial charge in [-0.25, -0.2) is 0 Å². The average molecular weight is 363 g/mol. The van der Waals surface area contributed by atoms with Crippen LogP contribution < -0.4 is 14.8 Å². The van der Waals surface area contributed by atoms with Gasteiger partial charge in [0.1, 0.15) is 0 Å². The SMILES string of the molecule is CC[C@H](NC(=O)/C=C/c1ccc2c(c1)OCO2)c1ccc2c(c1)CCCC2. The van der Waals surface area contributed by atoms with Gasteiger partial charge >= 0.3 is 0 Å². The Morgan fingerprint density at radius 3 is 2.74 bits per heavy atom. The van der Waals surface area contributed by atoms with Gasteiger partial charge < -0.3 is 14.8 Å². The van der Waals surface area contributed by atoms with Crippen LogP contribution >= 0.6 is 0 Å². The van der Waals surface area contributed by atoms with Crippen LogP contribution in [0.2, 0.25) is 0 Å². The Labute approximate surface area is 160 Å². The first kappa shape index (κ1) is 17.7. The third kappa shape index (κ3) is 4.00. The first-order valence-electron chi connectivity index (χ1n) is 9.73. The van der Waals surface area contributed by atoms with Crippen LogP contribution in [-0.2, 0) is 17.6 Å². The second-order valence-corrected chi connectivity index (χ2v) is 7.15. The number of nitrogens with one attached hydrogen (secondary N) is 1. The Bertz CT molecular complexity index is 872. The van der Waals surface area contributed by atoms with Crippen LogP contribution in [0.5, 0.6) is 11.5 Å². The van der Waals surface area contributed by atoms with Crippen LogP contribution in [0.1, 0.15) is 54.5 Å². The van der Waals surface area contributed by atoms with E-state index in [1.807, 2.05) is 18.2 Å². The van der Waals surface area contributed by atoms with E-state index >= 15 is 0 Å². The Hall–Kier alpha value is -2.75. The molecule has 1 aliphatic heterocycles. The number of aryl methyl sites for hydroxylation is 2. The van der Waals surface area contributed by atoms with Crippen molar-refractivity contribution in [2.75, 3.05) is 6.79 Å². The molecule has 140 valence electrons. The summed E-state index contributed by atoms with van der Waals surface area (Å²) < 4.78 is 10.7. The minimum absolute atomic E-state index is 0.0335.